The van der Waals surface area contributed by atoms with Gasteiger partial charge in [0, 0.05) is 37.9 Å². The van der Waals surface area contributed by atoms with Crippen molar-refractivity contribution in [2.24, 2.45) is 0 Å². The normalized spacial score (nSPS) is 15.7. The molecule has 0 radical (unpaired) electrons. The molecule has 1 amide bonds. The molecule has 1 fully saturated rings. The van der Waals surface area contributed by atoms with Crippen LogP contribution in [0, 0.1) is 12.3 Å². The zero-order chi connectivity index (χ0) is 14.5. The summed E-state index contributed by atoms with van der Waals surface area (Å²) in [6, 6.07) is 5.13. The lowest BCUT2D eigenvalue weighted by Crippen LogP contribution is -2.48. The number of carbonyl (C=O) groups excluding carboxylic acids is 1. The number of ether oxygens (including phenoxy) is 1. The van der Waals surface area contributed by atoms with Gasteiger partial charge in [-0.05, 0) is 12.1 Å². The van der Waals surface area contributed by atoms with E-state index in [0.29, 0.717) is 36.6 Å². The van der Waals surface area contributed by atoms with Crippen molar-refractivity contribution in [2.75, 3.05) is 45.6 Å². The van der Waals surface area contributed by atoms with Gasteiger partial charge < -0.3 is 15.4 Å². The standard InChI is InChI=1S/C15H19N3O2/c1-3-6-17-7-9-18(10-8-17)15(19)13-5-4-12(20-2)11-14(13)16/h1,4-5,11H,6-10,16H2,2H3. The molecule has 1 aliphatic heterocycles. The van der Waals surface area contributed by atoms with Crippen LogP contribution in [0.4, 0.5) is 5.69 Å². The predicted molar refractivity (Wildman–Crippen MR) is 78.6 cm³/mol. The van der Waals surface area contributed by atoms with E-state index in [4.69, 9.17) is 16.9 Å². The van der Waals surface area contributed by atoms with Crippen LogP contribution in [0.3, 0.4) is 0 Å². The Kier molecular flexibility index (Phi) is 4.49. The molecule has 2 N–H and O–H groups in total. The van der Waals surface area contributed by atoms with Crippen LogP contribution in [-0.2, 0) is 0 Å². The second kappa shape index (κ2) is 6.31. The van der Waals surface area contributed by atoms with Crippen molar-refractivity contribution < 1.29 is 9.53 Å². The fourth-order valence-corrected chi connectivity index (χ4v) is 2.27. The summed E-state index contributed by atoms with van der Waals surface area (Å²) in [4.78, 5) is 16.4. The second-order valence-corrected chi connectivity index (χ2v) is 4.73. The summed E-state index contributed by atoms with van der Waals surface area (Å²) in [7, 11) is 1.57. The van der Waals surface area contributed by atoms with Gasteiger partial charge in [-0.2, -0.15) is 0 Å². The number of amides is 1. The Morgan fingerprint density at radius 2 is 2.10 bits per heavy atom. The van der Waals surface area contributed by atoms with Gasteiger partial charge in [-0.3, -0.25) is 9.69 Å². The molecule has 1 aromatic carbocycles. The van der Waals surface area contributed by atoms with E-state index >= 15 is 0 Å². The molecule has 0 aromatic heterocycles. The number of nitrogen functional groups attached to an aromatic ring is 1. The minimum atomic E-state index is -0.0366. The van der Waals surface area contributed by atoms with Crippen molar-refractivity contribution >= 4 is 11.6 Å². The first kappa shape index (κ1) is 14.2. The van der Waals surface area contributed by atoms with E-state index in [1.807, 2.05) is 4.90 Å². The summed E-state index contributed by atoms with van der Waals surface area (Å²) in [6.07, 6.45) is 5.29. The van der Waals surface area contributed by atoms with Gasteiger partial charge in [-0.15, -0.1) is 6.42 Å². The number of benzene rings is 1. The lowest BCUT2D eigenvalue weighted by molar-refractivity contribution is 0.0653. The Morgan fingerprint density at radius 1 is 1.40 bits per heavy atom. The quantitative estimate of drug-likeness (QED) is 0.649. The molecule has 20 heavy (non-hydrogen) atoms. The fourth-order valence-electron chi connectivity index (χ4n) is 2.27. The zero-order valence-corrected chi connectivity index (χ0v) is 11.6. The van der Waals surface area contributed by atoms with Crippen LogP contribution >= 0.6 is 0 Å². The molecular formula is C15H19N3O2. The number of nitrogens with two attached hydrogens (primary N) is 1. The van der Waals surface area contributed by atoms with Gasteiger partial charge in [-0.1, -0.05) is 5.92 Å². The van der Waals surface area contributed by atoms with E-state index in [9.17, 15) is 4.79 Å². The molecule has 1 aromatic rings. The Labute approximate surface area is 119 Å². The molecule has 0 spiro atoms. The Morgan fingerprint density at radius 3 is 2.65 bits per heavy atom. The highest BCUT2D eigenvalue weighted by molar-refractivity contribution is 5.99. The first-order valence-corrected chi connectivity index (χ1v) is 6.54. The van der Waals surface area contributed by atoms with Gasteiger partial charge in [0.2, 0.25) is 0 Å². The van der Waals surface area contributed by atoms with Crippen LogP contribution in [0.2, 0.25) is 0 Å². The van der Waals surface area contributed by atoms with Gasteiger partial charge >= 0.3 is 0 Å². The highest BCUT2D eigenvalue weighted by Crippen LogP contribution is 2.21. The summed E-state index contributed by atoms with van der Waals surface area (Å²) < 4.78 is 5.09. The predicted octanol–water partition coefficient (Wildman–Crippen LogP) is 0.668. The van der Waals surface area contributed by atoms with E-state index in [0.717, 1.165) is 13.1 Å². The number of piperazine rings is 1. The van der Waals surface area contributed by atoms with E-state index < -0.39 is 0 Å². The number of anilines is 1. The molecule has 106 valence electrons. The Hall–Kier alpha value is -2.19. The molecule has 0 saturated carbocycles. The van der Waals surface area contributed by atoms with E-state index in [1.54, 1.807) is 25.3 Å². The molecule has 0 aliphatic carbocycles. The van der Waals surface area contributed by atoms with Gasteiger partial charge in [-0.25, -0.2) is 0 Å². The van der Waals surface area contributed by atoms with Crippen molar-refractivity contribution in [1.82, 2.24) is 9.80 Å². The molecule has 5 heteroatoms. The van der Waals surface area contributed by atoms with Crippen molar-refractivity contribution in [2.45, 2.75) is 0 Å². The number of terminal acetylenes is 1. The van der Waals surface area contributed by atoms with Gasteiger partial charge in [0.15, 0.2) is 0 Å². The zero-order valence-electron chi connectivity index (χ0n) is 11.6. The first-order valence-electron chi connectivity index (χ1n) is 6.54. The Bertz CT molecular complexity index is 528. The molecule has 2 rings (SSSR count). The smallest absolute Gasteiger partial charge is 0.256 e. The third kappa shape index (κ3) is 3.03. The highest BCUT2D eigenvalue weighted by atomic mass is 16.5. The van der Waals surface area contributed by atoms with Crippen LogP contribution in [-0.4, -0.2) is 55.5 Å². The van der Waals surface area contributed by atoms with E-state index in [1.165, 1.54) is 0 Å². The minimum Gasteiger partial charge on any atom is -0.497 e. The summed E-state index contributed by atoms with van der Waals surface area (Å²) in [5.41, 5.74) is 6.88. The van der Waals surface area contributed by atoms with Crippen LogP contribution in [0.5, 0.6) is 5.75 Å². The maximum absolute atomic E-state index is 12.4. The topological polar surface area (TPSA) is 58.8 Å². The number of hydrogen-bond acceptors (Lipinski definition) is 4. The first-order chi connectivity index (χ1) is 9.65. The van der Waals surface area contributed by atoms with E-state index in [2.05, 4.69) is 10.8 Å². The average Bonchev–Trinajstić information content (AvgIpc) is 2.47. The molecule has 1 heterocycles. The van der Waals surface area contributed by atoms with Gasteiger partial charge in [0.05, 0.1) is 19.2 Å². The molecule has 0 atom stereocenters. The van der Waals surface area contributed by atoms with Gasteiger partial charge in [0.25, 0.3) is 5.91 Å². The van der Waals surface area contributed by atoms with Crippen LogP contribution in [0.1, 0.15) is 10.4 Å². The Balaban J connectivity index is 2.04. The van der Waals surface area contributed by atoms with Gasteiger partial charge in [0.1, 0.15) is 5.75 Å². The largest absolute Gasteiger partial charge is 0.497 e. The second-order valence-electron chi connectivity index (χ2n) is 4.73. The summed E-state index contributed by atoms with van der Waals surface area (Å²) in [5, 5.41) is 0. The summed E-state index contributed by atoms with van der Waals surface area (Å²) >= 11 is 0. The number of methoxy groups -OCH3 is 1. The summed E-state index contributed by atoms with van der Waals surface area (Å²) in [6.45, 7) is 3.57. The lowest BCUT2D eigenvalue weighted by Gasteiger charge is -2.33. The van der Waals surface area contributed by atoms with Crippen LogP contribution in [0.25, 0.3) is 0 Å². The van der Waals surface area contributed by atoms with Crippen molar-refractivity contribution in [3.8, 4) is 18.1 Å². The number of nitrogens with zero attached hydrogens (tertiary/aromatic N) is 2. The molecule has 5 nitrogen and oxygen atoms in total. The van der Waals surface area contributed by atoms with Crippen molar-refractivity contribution in [1.29, 1.82) is 0 Å². The highest BCUT2D eigenvalue weighted by Gasteiger charge is 2.23. The monoisotopic (exact) mass is 273 g/mol. The van der Waals surface area contributed by atoms with Crippen LogP contribution < -0.4 is 10.5 Å². The lowest BCUT2D eigenvalue weighted by atomic mass is 10.1. The number of rotatable bonds is 3. The third-order valence-corrected chi connectivity index (χ3v) is 3.46. The average molecular weight is 273 g/mol. The molecule has 0 unspecified atom stereocenters. The fraction of sp³-hybridized carbons (Fsp3) is 0.400. The van der Waals surface area contributed by atoms with Crippen molar-refractivity contribution in [3.05, 3.63) is 23.8 Å². The molecule has 0 bridgehead atoms. The molecule has 1 aliphatic rings. The van der Waals surface area contributed by atoms with Crippen LogP contribution in [0.15, 0.2) is 18.2 Å². The maximum atomic E-state index is 12.4. The van der Waals surface area contributed by atoms with E-state index in [-0.39, 0.29) is 5.91 Å². The van der Waals surface area contributed by atoms with Crippen molar-refractivity contribution in [3.63, 3.8) is 0 Å². The minimum absolute atomic E-state index is 0.0366. The SMILES string of the molecule is C#CCN1CCN(C(=O)c2ccc(OC)cc2N)CC1. The molecular weight excluding hydrogens is 254 g/mol. The maximum Gasteiger partial charge on any atom is 0.256 e. The molecule has 1 saturated heterocycles. The summed E-state index contributed by atoms with van der Waals surface area (Å²) in [5.74, 6) is 3.24. The third-order valence-electron chi connectivity index (χ3n) is 3.46. The number of hydrogen-bond donors (Lipinski definition) is 1. The number of carbonyl (C=O) groups is 1.